The summed E-state index contributed by atoms with van der Waals surface area (Å²) in [7, 11) is 0. The first-order valence-corrected chi connectivity index (χ1v) is 7.44. The quantitative estimate of drug-likeness (QED) is 0.842. The van der Waals surface area contributed by atoms with E-state index >= 15 is 0 Å². The zero-order chi connectivity index (χ0) is 15.2. The molecule has 0 saturated carbocycles. The van der Waals surface area contributed by atoms with E-state index in [1.54, 1.807) is 0 Å². The van der Waals surface area contributed by atoms with Gasteiger partial charge < -0.3 is 20.5 Å². The Bertz CT molecular complexity index is 476. The van der Waals surface area contributed by atoms with E-state index in [9.17, 15) is 4.79 Å². The van der Waals surface area contributed by atoms with Crippen LogP contribution in [0.3, 0.4) is 0 Å². The smallest absolute Gasteiger partial charge is 0.255 e. The number of hydrogen-bond acceptors (Lipinski definition) is 4. The monoisotopic (exact) mass is 292 g/mol. The molecule has 0 radical (unpaired) electrons. The van der Waals surface area contributed by atoms with E-state index in [2.05, 4.69) is 19.2 Å². The van der Waals surface area contributed by atoms with Crippen LogP contribution in [-0.2, 0) is 9.53 Å². The van der Waals surface area contributed by atoms with E-state index in [1.807, 2.05) is 24.3 Å². The van der Waals surface area contributed by atoms with Crippen LogP contribution in [-0.4, -0.2) is 31.3 Å². The lowest BCUT2D eigenvalue weighted by atomic mass is 9.95. The lowest BCUT2D eigenvalue weighted by Crippen LogP contribution is -2.36. The molecule has 5 nitrogen and oxygen atoms in total. The molecule has 1 aromatic rings. The van der Waals surface area contributed by atoms with Gasteiger partial charge in [-0.25, -0.2) is 0 Å². The summed E-state index contributed by atoms with van der Waals surface area (Å²) in [6, 6.07) is 8.00. The van der Waals surface area contributed by atoms with Crippen LogP contribution in [0, 0.1) is 5.92 Å². The zero-order valence-corrected chi connectivity index (χ0v) is 12.7. The van der Waals surface area contributed by atoms with Gasteiger partial charge in [-0.15, -0.1) is 0 Å². The van der Waals surface area contributed by atoms with Gasteiger partial charge in [0.2, 0.25) is 0 Å². The number of carbonyl (C=O) groups excluding carboxylic acids is 1. The summed E-state index contributed by atoms with van der Waals surface area (Å²) in [6.45, 7) is 5.06. The van der Waals surface area contributed by atoms with Gasteiger partial charge in [-0.3, -0.25) is 4.79 Å². The van der Waals surface area contributed by atoms with Crippen LogP contribution in [0.2, 0.25) is 0 Å². The van der Waals surface area contributed by atoms with Gasteiger partial charge in [-0.05, 0) is 30.9 Å². The lowest BCUT2D eigenvalue weighted by Gasteiger charge is -2.33. The van der Waals surface area contributed by atoms with Gasteiger partial charge >= 0.3 is 0 Å². The Kier molecular flexibility index (Phi) is 5.44. The van der Waals surface area contributed by atoms with Crippen molar-refractivity contribution in [3.63, 3.8) is 0 Å². The fourth-order valence-corrected chi connectivity index (χ4v) is 2.49. The molecule has 5 heteroatoms. The molecule has 1 aromatic carbocycles. The highest BCUT2D eigenvalue weighted by atomic mass is 16.5. The van der Waals surface area contributed by atoms with Crippen molar-refractivity contribution in [2.75, 3.05) is 18.5 Å². The lowest BCUT2D eigenvalue weighted by molar-refractivity contribution is -0.119. The molecule has 116 valence electrons. The molecule has 2 atom stereocenters. The summed E-state index contributed by atoms with van der Waals surface area (Å²) in [5.41, 5.74) is 6.07. The Morgan fingerprint density at radius 2 is 2.33 bits per heavy atom. The van der Waals surface area contributed by atoms with Crippen molar-refractivity contribution in [3.8, 4) is 5.75 Å². The van der Waals surface area contributed by atoms with E-state index in [0.717, 1.165) is 25.1 Å². The fraction of sp³-hybridized carbons (Fsp3) is 0.562. The molecule has 1 fully saturated rings. The SMILES string of the molecule is CC(C)C1CC(Nc2cccc(OCC(N)=O)c2)CCO1. The third-order valence-corrected chi connectivity index (χ3v) is 3.64. The maximum atomic E-state index is 10.7. The molecule has 21 heavy (non-hydrogen) atoms. The summed E-state index contributed by atoms with van der Waals surface area (Å²) >= 11 is 0. The third-order valence-electron chi connectivity index (χ3n) is 3.64. The van der Waals surface area contributed by atoms with Crippen molar-refractivity contribution in [1.82, 2.24) is 0 Å². The first kappa shape index (κ1) is 15.6. The molecule has 0 bridgehead atoms. The van der Waals surface area contributed by atoms with Gasteiger partial charge in [0.25, 0.3) is 5.91 Å². The number of amides is 1. The molecular weight excluding hydrogens is 268 g/mol. The molecule has 3 N–H and O–H groups in total. The standard InChI is InChI=1S/C16H24N2O3/c1-11(2)15-9-13(6-7-20-15)18-12-4-3-5-14(8-12)21-10-16(17)19/h3-5,8,11,13,15,18H,6-7,9-10H2,1-2H3,(H2,17,19). The van der Waals surface area contributed by atoms with E-state index in [-0.39, 0.29) is 6.61 Å². The summed E-state index contributed by atoms with van der Waals surface area (Å²) in [5.74, 6) is 0.698. The Morgan fingerprint density at radius 3 is 3.05 bits per heavy atom. The number of benzene rings is 1. The van der Waals surface area contributed by atoms with Gasteiger partial charge in [0.1, 0.15) is 5.75 Å². The number of ether oxygens (including phenoxy) is 2. The van der Waals surface area contributed by atoms with Crippen LogP contribution >= 0.6 is 0 Å². The molecule has 1 heterocycles. The number of carbonyl (C=O) groups is 1. The molecule has 2 unspecified atom stereocenters. The minimum Gasteiger partial charge on any atom is -0.484 e. The molecule has 1 aliphatic heterocycles. The second kappa shape index (κ2) is 7.31. The number of anilines is 1. The first-order chi connectivity index (χ1) is 10.0. The van der Waals surface area contributed by atoms with E-state index < -0.39 is 5.91 Å². The van der Waals surface area contributed by atoms with Crippen molar-refractivity contribution in [2.24, 2.45) is 11.7 Å². The van der Waals surface area contributed by atoms with Crippen molar-refractivity contribution >= 4 is 11.6 Å². The Labute approximate surface area is 125 Å². The second-order valence-electron chi connectivity index (χ2n) is 5.80. The van der Waals surface area contributed by atoms with Crippen LogP contribution < -0.4 is 15.8 Å². The summed E-state index contributed by atoms with van der Waals surface area (Å²) in [4.78, 5) is 10.7. The van der Waals surface area contributed by atoms with E-state index in [0.29, 0.717) is 23.8 Å². The average Bonchev–Trinajstić information content (AvgIpc) is 2.46. The van der Waals surface area contributed by atoms with Crippen LogP contribution in [0.5, 0.6) is 5.75 Å². The van der Waals surface area contributed by atoms with Crippen LogP contribution in [0.25, 0.3) is 0 Å². The van der Waals surface area contributed by atoms with Gasteiger partial charge in [-0.1, -0.05) is 19.9 Å². The Balaban J connectivity index is 1.92. The summed E-state index contributed by atoms with van der Waals surface area (Å²) in [5, 5.41) is 3.52. The largest absolute Gasteiger partial charge is 0.484 e. The molecule has 0 aromatic heterocycles. The second-order valence-corrected chi connectivity index (χ2v) is 5.80. The summed E-state index contributed by atoms with van der Waals surface area (Å²) < 4.78 is 11.1. The van der Waals surface area contributed by atoms with Crippen LogP contribution in [0.1, 0.15) is 26.7 Å². The van der Waals surface area contributed by atoms with Crippen LogP contribution in [0.15, 0.2) is 24.3 Å². The predicted molar refractivity (Wildman–Crippen MR) is 82.4 cm³/mol. The van der Waals surface area contributed by atoms with Gasteiger partial charge in [0.15, 0.2) is 6.61 Å². The average molecular weight is 292 g/mol. The molecule has 2 rings (SSSR count). The molecule has 0 spiro atoms. The normalized spacial score (nSPS) is 22.0. The highest BCUT2D eigenvalue weighted by Gasteiger charge is 2.24. The topological polar surface area (TPSA) is 73.6 Å². The molecule has 1 aliphatic rings. The fourth-order valence-electron chi connectivity index (χ4n) is 2.49. The zero-order valence-electron chi connectivity index (χ0n) is 12.7. The van der Waals surface area contributed by atoms with E-state index in [4.69, 9.17) is 15.2 Å². The number of primary amides is 1. The number of rotatable bonds is 6. The molecule has 1 saturated heterocycles. The first-order valence-electron chi connectivity index (χ1n) is 7.44. The minimum absolute atomic E-state index is 0.101. The van der Waals surface area contributed by atoms with Gasteiger partial charge in [0.05, 0.1) is 6.10 Å². The minimum atomic E-state index is -0.474. The van der Waals surface area contributed by atoms with Crippen molar-refractivity contribution in [1.29, 1.82) is 0 Å². The molecule has 0 aliphatic carbocycles. The molecular formula is C16H24N2O3. The highest BCUT2D eigenvalue weighted by Crippen LogP contribution is 2.24. The maximum absolute atomic E-state index is 10.7. The van der Waals surface area contributed by atoms with Gasteiger partial charge in [-0.2, -0.15) is 0 Å². The number of nitrogens with one attached hydrogen (secondary N) is 1. The third kappa shape index (κ3) is 4.93. The Morgan fingerprint density at radius 1 is 1.52 bits per heavy atom. The van der Waals surface area contributed by atoms with E-state index in [1.165, 1.54) is 0 Å². The predicted octanol–water partition coefficient (Wildman–Crippen LogP) is 2.17. The Hall–Kier alpha value is -1.75. The number of nitrogens with two attached hydrogens (primary N) is 1. The summed E-state index contributed by atoms with van der Waals surface area (Å²) in [6.07, 6.45) is 2.31. The van der Waals surface area contributed by atoms with Gasteiger partial charge in [0, 0.05) is 24.4 Å². The maximum Gasteiger partial charge on any atom is 0.255 e. The van der Waals surface area contributed by atoms with Crippen LogP contribution in [0.4, 0.5) is 5.69 Å². The molecule has 1 amide bonds. The number of hydrogen-bond donors (Lipinski definition) is 2. The highest BCUT2D eigenvalue weighted by molar-refractivity contribution is 5.75. The van der Waals surface area contributed by atoms with Crippen molar-refractivity contribution in [2.45, 2.75) is 38.8 Å². The van der Waals surface area contributed by atoms with Crippen molar-refractivity contribution < 1.29 is 14.3 Å². The van der Waals surface area contributed by atoms with Crippen molar-refractivity contribution in [3.05, 3.63) is 24.3 Å².